The van der Waals surface area contributed by atoms with Crippen molar-refractivity contribution in [3.8, 4) is 0 Å². The highest BCUT2D eigenvalue weighted by molar-refractivity contribution is 4.91. The van der Waals surface area contributed by atoms with Crippen molar-refractivity contribution in [2.75, 3.05) is 33.2 Å². The lowest BCUT2D eigenvalue weighted by Crippen LogP contribution is -2.49. The van der Waals surface area contributed by atoms with E-state index in [2.05, 4.69) is 42.9 Å². The van der Waals surface area contributed by atoms with E-state index < -0.39 is 0 Å². The minimum absolute atomic E-state index is 0.266. The lowest BCUT2D eigenvalue weighted by molar-refractivity contribution is 0.112. The maximum Gasteiger partial charge on any atom is 0.0113 e. The summed E-state index contributed by atoms with van der Waals surface area (Å²) in [5, 5.41) is 3.76. The lowest BCUT2D eigenvalue weighted by atomic mass is 10.1. The number of nitrogens with one attached hydrogen (secondary N) is 1. The molecule has 0 unspecified atom stereocenters. The number of nitrogens with zero attached hydrogens (tertiary/aromatic N) is 2. The van der Waals surface area contributed by atoms with Gasteiger partial charge in [-0.25, -0.2) is 0 Å². The Balaban J connectivity index is 1.78. The van der Waals surface area contributed by atoms with E-state index in [9.17, 15) is 0 Å². The second kappa shape index (κ2) is 5.25. The number of likely N-dealkylation sites (N-methyl/N-ethyl adjacent to an activating group) is 1. The molecule has 2 fully saturated rings. The molecule has 2 atom stereocenters. The van der Waals surface area contributed by atoms with Crippen LogP contribution in [0.1, 0.15) is 40.0 Å². The highest BCUT2D eigenvalue weighted by atomic mass is 15.3. The van der Waals surface area contributed by atoms with E-state index >= 15 is 0 Å². The fraction of sp³-hybridized carbons (Fsp3) is 1.00. The number of rotatable bonds is 2. The first kappa shape index (κ1) is 13.3. The van der Waals surface area contributed by atoms with Crippen LogP contribution in [0.15, 0.2) is 0 Å². The van der Waals surface area contributed by atoms with Crippen LogP contribution < -0.4 is 5.32 Å². The van der Waals surface area contributed by atoms with Gasteiger partial charge < -0.3 is 10.2 Å². The minimum Gasteiger partial charge on any atom is -0.309 e. The van der Waals surface area contributed by atoms with Crippen molar-refractivity contribution < 1.29 is 0 Å². The molecule has 3 heteroatoms. The molecule has 0 aromatic rings. The van der Waals surface area contributed by atoms with Crippen LogP contribution in [0.5, 0.6) is 0 Å². The van der Waals surface area contributed by atoms with E-state index in [1.807, 2.05) is 0 Å². The quantitative estimate of drug-likeness (QED) is 0.788. The normalized spacial score (nSPS) is 33.2. The molecule has 1 saturated heterocycles. The Hall–Kier alpha value is -0.120. The molecule has 1 N–H and O–H groups in total. The summed E-state index contributed by atoms with van der Waals surface area (Å²) in [7, 11) is 2.23. The molecule has 1 heterocycles. The van der Waals surface area contributed by atoms with E-state index in [1.165, 1.54) is 45.4 Å². The topological polar surface area (TPSA) is 18.5 Å². The van der Waals surface area contributed by atoms with Crippen LogP contribution in [0.2, 0.25) is 0 Å². The van der Waals surface area contributed by atoms with E-state index in [-0.39, 0.29) is 5.54 Å². The zero-order valence-corrected chi connectivity index (χ0v) is 12.0. The predicted molar refractivity (Wildman–Crippen MR) is 73.4 cm³/mol. The molecule has 3 nitrogen and oxygen atoms in total. The van der Waals surface area contributed by atoms with Crippen molar-refractivity contribution in [1.29, 1.82) is 0 Å². The van der Waals surface area contributed by atoms with Crippen molar-refractivity contribution in [1.82, 2.24) is 15.1 Å². The Morgan fingerprint density at radius 1 is 1.00 bits per heavy atom. The van der Waals surface area contributed by atoms with Crippen LogP contribution in [-0.2, 0) is 0 Å². The van der Waals surface area contributed by atoms with E-state index in [4.69, 9.17) is 0 Å². The van der Waals surface area contributed by atoms with Crippen molar-refractivity contribution in [3.05, 3.63) is 0 Å². The molecule has 0 aromatic carbocycles. The summed E-state index contributed by atoms with van der Waals surface area (Å²) in [4.78, 5) is 5.15. The summed E-state index contributed by atoms with van der Waals surface area (Å²) in [5.74, 6) is 0. The number of piperazine rings is 1. The highest BCUT2D eigenvalue weighted by Gasteiger charge is 2.31. The maximum atomic E-state index is 3.76. The van der Waals surface area contributed by atoms with Crippen LogP contribution in [0.3, 0.4) is 0 Å². The summed E-state index contributed by atoms with van der Waals surface area (Å²) in [6.45, 7) is 11.8. The Bertz CT molecular complexity index is 238. The maximum absolute atomic E-state index is 3.76. The van der Waals surface area contributed by atoms with Gasteiger partial charge in [0.15, 0.2) is 0 Å². The van der Waals surface area contributed by atoms with E-state index in [1.54, 1.807) is 0 Å². The van der Waals surface area contributed by atoms with Gasteiger partial charge in [-0.15, -0.1) is 0 Å². The molecule has 2 aliphatic rings. The average molecular weight is 239 g/mol. The predicted octanol–water partition coefficient (Wildman–Crippen LogP) is 1.54. The molecule has 0 amide bonds. The third-order valence-electron chi connectivity index (χ3n) is 4.10. The van der Waals surface area contributed by atoms with Crippen LogP contribution in [0, 0.1) is 0 Å². The van der Waals surface area contributed by atoms with Crippen LogP contribution >= 0.6 is 0 Å². The van der Waals surface area contributed by atoms with Gasteiger partial charge in [-0.1, -0.05) is 0 Å². The van der Waals surface area contributed by atoms with Crippen molar-refractivity contribution in [3.63, 3.8) is 0 Å². The van der Waals surface area contributed by atoms with Crippen molar-refractivity contribution in [2.45, 2.75) is 57.7 Å². The monoisotopic (exact) mass is 239 g/mol. The summed E-state index contributed by atoms with van der Waals surface area (Å²) < 4.78 is 0. The van der Waals surface area contributed by atoms with Gasteiger partial charge in [0.05, 0.1) is 0 Å². The second-order valence-corrected chi connectivity index (χ2v) is 6.90. The fourth-order valence-corrected chi connectivity index (χ4v) is 3.22. The Labute approximate surface area is 107 Å². The van der Waals surface area contributed by atoms with Gasteiger partial charge in [-0.2, -0.15) is 0 Å². The zero-order chi connectivity index (χ0) is 12.5. The molecule has 0 radical (unpaired) electrons. The zero-order valence-electron chi connectivity index (χ0n) is 12.0. The van der Waals surface area contributed by atoms with Crippen LogP contribution in [0.25, 0.3) is 0 Å². The van der Waals surface area contributed by atoms with Gasteiger partial charge >= 0.3 is 0 Å². The third-order valence-corrected chi connectivity index (χ3v) is 4.10. The van der Waals surface area contributed by atoms with Crippen LogP contribution in [0.4, 0.5) is 0 Å². The lowest BCUT2D eigenvalue weighted by Gasteiger charge is -2.36. The third kappa shape index (κ3) is 3.94. The molecule has 1 aliphatic heterocycles. The highest BCUT2D eigenvalue weighted by Crippen LogP contribution is 2.26. The van der Waals surface area contributed by atoms with Crippen LogP contribution in [-0.4, -0.2) is 60.6 Å². The summed E-state index contributed by atoms with van der Waals surface area (Å²) in [6.07, 6.45) is 4.09. The molecule has 17 heavy (non-hydrogen) atoms. The van der Waals surface area contributed by atoms with Gasteiger partial charge in [0.25, 0.3) is 0 Å². The second-order valence-electron chi connectivity index (χ2n) is 6.90. The first-order valence-corrected chi connectivity index (χ1v) is 7.14. The van der Waals surface area contributed by atoms with Gasteiger partial charge in [0, 0.05) is 43.8 Å². The van der Waals surface area contributed by atoms with Crippen molar-refractivity contribution in [2.24, 2.45) is 0 Å². The first-order chi connectivity index (χ1) is 7.94. The summed E-state index contributed by atoms with van der Waals surface area (Å²) in [5.41, 5.74) is 0.266. The Morgan fingerprint density at radius 2 is 1.65 bits per heavy atom. The van der Waals surface area contributed by atoms with Gasteiger partial charge in [0.1, 0.15) is 0 Å². The molecule has 0 bridgehead atoms. The molecule has 1 saturated carbocycles. The number of hydrogen-bond donors (Lipinski definition) is 1. The molecule has 2 rings (SSSR count). The smallest absolute Gasteiger partial charge is 0.0113 e. The van der Waals surface area contributed by atoms with E-state index in [0.29, 0.717) is 0 Å². The number of hydrogen-bond acceptors (Lipinski definition) is 3. The molecular weight excluding hydrogens is 210 g/mol. The van der Waals surface area contributed by atoms with Gasteiger partial charge in [0.2, 0.25) is 0 Å². The van der Waals surface area contributed by atoms with Gasteiger partial charge in [-0.3, -0.25) is 4.90 Å². The Morgan fingerprint density at radius 3 is 2.24 bits per heavy atom. The first-order valence-electron chi connectivity index (χ1n) is 7.14. The molecule has 1 aliphatic carbocycles. The Kier molecular flexibility index (Phi) is 4.11. The fourth-order valence-electron chi connectivity index (χ4n) is 3.22. The minimum atomic E-state index is 0.266. The average Bonchev–Trinajstić information content (AvgIpc) is 2.64. The largest absolute Gasteiger partial charge is 0.309 e. The summed E-state index contributed by atoms with van der Waals surface area (Å²) >= 11 is 0. The molecule has 100 valence electrons. The molecular formula is C14H29N3. The molecule has 0 spiro atoms. The van der Waals surface area contributed by atoms with Crippen molar-refractivity contribution >= 4 is 0 Å². The summed E-state index contributed by atoms with van der Waals surface area (Å²) in [6, 6.07) is 1.57. The van der Waals surface area contributed by atoms with E-state index in [0.717, 1.165) is 12.1 Å². The van der Waals surface area contributed by atoms with Gasteiger partial charge in [-0.05, 0) is 47.1 Å². The SMILES string of the molecule is CN1CCN([C@H]2CC[C@H](NC(C)(C)C)C2)CC1. The molecule has 0 aromatic heterocycles. The standard InChI is InChI=1S/C14H29N3/c1-14(2,3)15-12-5-6-13(11-12)17-9-7-16(4)8-10-17/h12-13,15H,5-11H2,1-4H3/t12-,13-/m0/s1.